The van der Waals surface area contributed by atoms with Crippen molar-refractivity contribution in [3.05, 3.63) is 40.0 Å². The lowest BCUT2D eigenvalue weighted by molar-refractivity contribution is -0.141. The maximum atomic E-state index is 13.1. The number of anilines is 3. The van der Waals surface area contributed by atoms with Crippen molar-refractivity contribution in [3.63, 3.8) is 0 Å². The highest BCUT2D eigenvalue weighted by Crippen LogP contribution is 2.32. The molecule has 0 radical (unpaired) electrons. The highest BCUT2D eigenvalue weighted by molar-refractivity contribution is 9.10. The second-order valence-electron chi connectivity index (χ2n) is 5.45. The van der Waals surface area contributed by atoms with Crippen LogP contribution in [0.25, 0.3) is 0 Å². The fraction of sp³-hybridized carbons (Fsp3) is 0.375. The standard InChI is InChI=1S/C16H18BrF3N4/c1-4-9(2)21-15-23-13(16(18,19)20)8-14(24-15)22-12-7-5-6-11(17)10(12)3/h5-9H,4H2,1-3H3,(H2,21,22,23,24)/t9-/m0/s1. The third-order valence-electron chi connectivity index (χ3n) is 3.53. The summed E-state index contributed by atoms with van der Waals surface area (Å²) in [4.78, 5) is 7.73. The van der Waals surface area contributed by atoms with Gasteiger partial charge >= 0.3 is 6.18 Å². The number of alkyl halides is 3. The van der Waals surface area contributed by atoms with Crippen molar-refractivity contribution >= 4 is 33.4 Å². The molecule has 130 valence electrons. The van der Waals surface area contributed by atoms with Crippen LogP contribution in [0.4, 0.5) is 30.6 Å². The van der Waals surface area contributed by atoms with Gasteiger partial charge in [0.2, 0.25) is 5.95 Å². The molecule has 0 unspecified atom stereocenters. The van der Waals surface area contributed by atoms with Gasteiger partial charge in [-0.1, -0.05) is 28.9 Å². The highest BCUT2D eigenvalue weighted by atomic mass is 79.9. The zero-order chi connectivity index (χ0) is 17.9. The summed E-state index contributed by atoms with van der Waals surface area (Å²) in [5.74, 6) is 0.0404. The number of nitrogens with zero attached hydrogens (tertiary/aromatic N) is 2. The average Bonchev–Trinajstić information content (AvgIpc) is 2.50. The number of benzene rings is 1. The molecule has 2 aromatic rings. The topological polar surface area (TPSA) is 49.8 Å². The van der Waals surface area contributed by atoms with Crippen LogP contribution in [0.5, 0.6) is 0 Å². The monoisotopic (exact) mass is 402 g/mol. The van der Waals surface area contributed by atoms with Gasteiger partial charge < -0.3 is 10.6 Å². The van der Waals surface area contributed by atoms with Crippen LogP contribution in [0.15, 0.2) is 28.7 Å². The summed E-state index contributed by atoms with van der Waals surface area (Å²) < 4.78 is 40.1. The van der Waals surface area contributed by atoms with E-state index in [4.69, 9.17) is 0 Å². The second kappa shape index (κ2) is 7.38. The van der Waals surface area contributed by atoms with E-state index in [0.29, 0.717) is 5.69 Å². The molecule has 2 rings (SSSR count). The Morgan fingerprint density at radius 3 is 2.58 bits per heavy atom. The molecular formula is C16H18BrF3N4. The minimum Gasteiger partial charge on any atom is -0.352 e. The largest absolute Gasteiger partial charge is 0.433 e. The molecule has 4 nitrogen and oxygen atoms in total. The molecule has 2 N–H and O–H groups in total. The van der Waals surface area contributed by atoms with Crippen molar-refractivity contribution in [1.29, 1.82) is 0 Å². The van der Waals surface area contributed by atoms with Crippen LogP contribution in [-0.4, -0.2) is 16.0 Å². The van der Waals surface area contributed by atoms with Crippen molar-refractivity contribution in [1.82, 2.24) is 9.97 Å². The zero-order valence-corrected chi connectivity index (χ0v) is 15.1. The van der Waals surface area contributed by atoms with Gasteiger partial charge in [-0.05, 0) is 38.0 Å². The molecule has 0 fully saturated rings. The Labute approximate surface area is 147 Å². The maximum absolute atomic E-state index is 13.1. The molecule has 0 aliphatic rings. The molecule has 0 saturated carbocycles. The van der Waals surface area contributed by atoms with Crippen molar-refractivity contribution in [2.75, 3.05) is 10.6 Å². The highest BCUT2D eigenvalue weighted by Gasteiger charge is 2.34. The summed E-state index contributed by atoms with van der Waals surface area (Å²) >= 11 is 3.40. The summed E-state index contributed by atoms with van der Waals surface area (Å²) in [5.41, 5.74) is 0.560. The van der Waals surface area contributed by atoms with E-state index in [1.807, 2.05) is 26.8 Å². The van der Waals surface area contributed by atoms with Crippen LogP contribution in [0, 0.1) is 6.92 Å². The van der Waals surface area contributed by atoms with Crippen LogP contribution in [0.2, 0.25) is 0 Å². The second-order valence-corrected chi connectivity index (χ2v) is 6.31. The van der Waals surface area contributed by atoms with E-state index >= 15 is 0 Å². The number of aromatic nitrogens is 2. The molecular weight excluding hydrogens is 385 g/mol. The Balaban J connectivity index is 2.41. The minimum absolute atomic E-state index is 0.0334. The van der Waals surface area contributed by atoms with E-state index in [2.05, 4.69) is 36.5 Å². The predicted molar refractivity (Wildman–Crippen MR) is 92.6 cm³/mol. The van der Waals surface area contributed by atoms with Gasteiger partial charge in [-0.2, -0.15) is 18.2 Å². The van der Waals surface area contributed by atoms with Gasteiger partial charge in [-0.25, -0.2) is 4.98 Å². The quantitative estimate of drug-likeness (QED) is 0.690. The number of nitrogens with one attached hydrogen (secondary N) is 2. The van der Waals surface area contributed by atoms with Gasteiger partial charge in [0.15, 0.2) is 5.69 Å². The molecule has 1 aromatic heterocycles. The molecule has 0 aliphatic heterocycles. The van der Waals surface area contributed by atoms with Gasteiger partial charge in [0.05, 0.1) is 0 Å². The molecule has 8 heteroatoms. The van der Waals surface area contributed by atoms with E-state index < -0.39 is 11.9 Å². The van der Waals surface area contributed by atoms with Crippen molar-refractivity contribution in [2.24, 2.45) is 0 Å². The number of hydrogen-bond donors (Lipinski definition) is 2. The van der Waals surface area contributed by atoms with Crippen LogP contribution in [-0.2, 0) is 6.18 Å². The molecule has 1 heterocycles. The summed E-state index contributed by atoms with van der Waals surface area (Å²) in [5, 5.41) is 5.82. The predicted octanol–water partition coefficient (Wildman–Crippen LogP) is 5.52. The van der Waals surface area contributed by atoms with Crippen molar-refractivity contribution in [3.8, 4) is 0 Å². The van der Waals surface area contributed by atoms with E-state index in [1.54, 1.807) is 12.1 Å². The Kier molecular flexibility index (Phi) is 5.69. The molecule has 1 aromatic carbocycles. The van der Waals surface area contributed by atoms with Crippen molar-refractivity contribution in [2.45, 2.75) is 39.4 Å². The molecule has 0 saturated heterocycles. The maximum Gasteiger partial charge on any atom is 0.433 e. The van der Waals surface area contributed by atoms with E-state index in [9.17, 15) is 13.2 Å². The summed E-state index contributed by atoms with van der Waals surface area (Å²) in [7, 11) is 0. The van der Waals surface area contributed by atoms with Gasteiger partial charge in [-0.15, -0.1) is 0 Å². The fourth-order valence-corrected chi connectivity index (χ4v) is 2.29. The first kappa shape index (κ1) is 18.5. The lowest BCUT2D eigenvalue weighted by Gasteiger charge is -2.16. The first-order valence-electron chi connectivity index (χ1n) is 7.45. The van der Waals surface area contributed by atoms with Gasteiger partial charge in [-0.3, -0.25) is 0 Å². The molecule has 0 amide bonds. The summed E-state index contributed by atoms with van der Waals surface area (Å²) in [6, 6.07) is 6.30. The van der Waals surface area contributed by atoms with Crippen molar-refractivity contribution < 1.29 is 13.2 Å². The summed E-state index contributed by atoms with van der Waals surface area (Å²) in [6.07, 6.45) is -3.80. The van der Waals surface area contributed by atoms with Crippen LogP contribution in [0.1, 0.15) is 31.5 Å². The number of halogens is 4. The Bertz CT molecular complexity index is 719. The van der Waals surface area contributed by atoms with E-state index in [0.717, 1.165) is 22.5 Å². The van der Waals surface area contributed by atoms with Crippen LogP contribution < -0.4 is 10.6 Å². The van der Waals surface area contributed by atoms with Gasteiger partial charge in [0.25, 0.3) is 0 Å². The number of hydrogen-bond acceptors (Lipinski definition) is 4. The molecule has 0 bridgehead atoms. The van der Waals surface area contributed by atoms with Gasteiger partial charge in [0.1, 0.15) is 5.82 Å². The Morgan fingerprint density at radius 1 is 1.25 bits per heavy atom. The third kappa shape index (κ3) is 4.59. The Hall–Kier alpha value is -1.83. The lowest BCUT2D eigenvalue weighted by Crippen LogP contribution is -2.18. The van der Waals surface area contributed by atoms with E-state index in [1.165, 1.54) is 0 Å². The van der Waals surface area contributed by atoms with Crippen LogP contribution >= 0.6 is 15.9 Å². The average molecular weight is 403 g/mol. The first-order chi connectivity index (χ1) is 11.2. The van der Waals surface area contributed by atoms with Crippen LogP contribution in [0.3, 0.4) is 0 Å². The third-order valence-corrected chi connectivity index (χ3v) is 4.39. The Morgan fingerprint density at radius 2 is 1.96 bits per heavy atom. The normalized spacial score (nSPS) is 12.8. The first-order valence-corrected chi connectivity index (χ1v) is 8.25. The SMILES string of the molecule is CC[C@H](C)Nc1nc(Nc2cccc(Br)c2C)cc(C(F)(F)F)n1. The van der Waals surface area contributed by atoms with Gasteiger partial charge in [0, 0.05) is 22.3 Å². The molecule has 1 atom stereocenters. The lowest BCUT2D eigenvalue weighted by atomic mass is 10.2. The molecule has 0 aliphatic carbocycles. The van der Waals surface area contributed by atoms with E-state index in [-0.39, 0.29) is 17.8 Å². The molecule has 0 spiro atoms. The number of rotatable bonds is 5. The minimum atomic E-state index is -4.54. The smallest absolute Gasteiger partial charge is 0.352 e. The fourth-order valence-electron chi connectivity index (χ4n) is 1.92. The molecule has 24 heavy (non-hydrogen) atoms. The zero-order valence-electron chi connectivity index (χ0n) is 13.5. The summed E-state index contributed by atoms with van der Waals surface area (Å²) in [6.45, 7) is 5.64.